The van der Waals surface area contributed by atoms with Gasteiger partial charge in [0, 0.05) is 17.7 Å². The summed E-state index contributed by atoms with van der Waals surface area (Å²) in [5.74, 6) is 2.13. The largest absolute Gasteiger partial charge is 0.481 e. The second kappa shape index (κ2) is 4.62. The van der Waals surface area contributed by atoms with E-state index in [9.17, 15) is 0 Å². The van der Waals surface area contributed by atoms with Gasteiger partial charge in [0.15, 0.2) is 0 Å². The van der Waals surface area contributed by atoms with Crippen LogP contribution in [0.3, 0.4) is 0 Å². The molecule has 2 unspecified atom stereocenters. The highest BCUT2D eigenvalue weighted by Gasteiger charge is 2.38. The van der Waals surface area contributed by atoms with E-state index in [1.54, 1.807) is 7.11 Å². The van der Waals surface area contributed by atoms with Crippen LogP contribution in [0.1, 0.15) is 25.0 Å². The Morgan fingerprint density at radius 2 is 2.40 bits per heavy atom. The molecule has 3 nitrogen and oxygen atoms in total. The smallest absolute Gasteiger partial charge is 0.213 e. The fourth-order valence-electron chi connectivity index (χ4n) is 1.92. The van der Waals surface area contributed by atoms with Gasteiger partial charge in [0.25, 0.3) is 0 Å². The summed E-state index contributed by atoms with van der Waals surface area (Å²) in [6.07, 6.45) is 1.26. The van der Waals surface area contributed by atoms with Gasteiger partial charge in [-0.05, 0) is 31.5 Å². The lowest BCUT2D eigenvalue weighted by molar-refractivity contribution is 0.396. The zero-order valence-electron chi connectivity index (χ0n) is 9.36. The van der Waals surface area contributed by atoms with Crippen LogP contribution in [0, 0.1) is 5.92 Å². The van der Waals surface area contributed by atoms with Crippen LogP contribution in [0.4, 0.5) is 0 Å². The molecule has 1 aliphatic carbocycles. The lowest BCUT2D eigenvalue weighted by atomic mass is 10.2. The number of hydrogen-bond acceptors (Lipinski definition) is 3. The molecule has 1 N–H and O–H groups in total. The maximum atomic E-state index is 5.12. The van der Waals surface area contributed by atoms with Gasteiger partial charge in [0.1, 0.15) is 0 Å². The number of methoxy groups -OCH3 is 1. The summed E-state index contributed by atoms with van der Waals surface area (Å²) in [7, 11) is 1.66. The van der Waals surface area contributed by atoms with E-state index in [4.69, 9.17) is 4.74 Å². The second-order valence-corrected chi connectivity index (χ2v) is 4.01. The van der Waals surface area contributed by atoms with Gasteiger partial charge >= 0.3 is 0 Å². The molecule has 0 aliphatic heterocycles. The van der Waals surface area contributed by atoms with Gasteiger partial charge in [-0.1, -0.05) is 13.0 Å². The fourth-order valence-corrected chi connectivity index (χ4v) is 1.92. The normalized spacial score (nSPS) is 23.9. The fraction of sp³-hybridized carbons (Fsp3) is 0.583. The predicted octanol–water partition coefficient (Wildman–Crippen LogP) is 1.80. The molecule has 15 heavy (non-hydrogen) atoms. The summed E-state index contributed by atoms with van der Waals surface area (Å²) in [6, 6.07) is 6.01. The van der Waals surface area contributed by atoms with Crippen LogP contribution in [0.15, 0.2) is 18.2 Å². The molecule has 2 rings (SSSR count). The van der Waals surface area contributed by atoms with Crippen molar-refractivity contribution in [2.45, 2.75) is 19.3 Å². The van der Waals surface area contributed by atoms with E-state index in [-0.39, 0.29) is 0 Å². The number of ether oxygens (including phenoxy) is 1. The Balaban J connectivity index is 1.94. The lowest BCUT2D eigenvalue weighted by Crippen LogP contribution is -2.16. The first-order valence-electron chi connectivity index (χ1n) is 5.56. The summed E-state index contributed by atoms with van der Waals surface area (Å²) < 4.78 is 5.12. The minimum absolute atomic E-state index is 0.638. The first-order valence-corrected chi connectivity index (χ1v) is 5.56. The minimum Gasteiger partial charge on any atom is -0.481 e. The van der Waals surface area contributed by atoms with Crippen molar-refractivity contribution in [1.82, 2.24) is 10.3 Å². The number of hydrogen-bond donors (Lipinski definition) is 1. The van der Waals surface area contributed by atoms with Crippen molar-refractivity contribution < 1.29 is 4.74 Å². The summed E-state index contributed by atoms with van der Waals surface area (Å²) in [6.45, 7) is 4.30. The molecule has 2 atom stereocenters. The van der Waals surface area contributed by atoms with Crippen molar-refractivity contribution in [3.05, 3.63) is 23.9 Å². The summed E-state index contributed by atoms with van der Waals surface area (Å²) in [5.41, 5.74) is 1.18. The monoisotopic (exact) mass is 206 g/mol. The molecule has 0 amide bonds. The van der Waals surface area contributed by atoms with Gasteiger partial charge in [0.05, 0.1) is 7.11 Å². The third kappa shape index (κ3) is 2.48. The zero-order chi connectivity index (χ0) is 10.7. The number of rotatable bonds is 5. The van der Waals surface area contributed by atoms with Gasteiger partial charge in [-0.3, -0.25) is 0 Å². The first-order chi connectivity index (χ1) is 7.35. The van der Waals surface area contributed by atoms with Crippen molar-refractivity contribution in [2.24, 2.45) is 5.92 Å². The molecule has 1 fully saturated rings. The Hall–Kier alpha value is -1.09. The number of pyridine rings is 1. The van der Waals surface area contributed by atoms with Crippen LogP contribution in [0.2, 0.25) is 0 Å². The van der Waals surface area contributed by atoms with Crippen LogP contribution in [0.25, 0.3) is 0 Å². The Morgan fingerprint density at radius 3 is 3.13 bits per heavy atom. The second-order valence-electron chi connectivity index (χ2n) is 4.01. The first kappa shape index (κ1) is 10.4. The SMILES string of the molecule is CCNCC1CC1c1cccc(OC)n1. The van der Waals surface area contributed by atoms with Crippen LogP contribution in [-0.4, -0.2) is 25.2 Å². The molecule has 1 aliphatic rings. The van der Waals surface area contributed by atoms with E-state index in [0.717, 1.165) is 24.9 Å². The van der Waals surface area contributed by atoms with Crippen molar-refractivity contribution in [3.63, 3.8) is 0 Å². The van der Waals surface area contributed by atoms with Gasteiger partial charge in [-0.15, -0.1) is 0 Å². The molecule has 3 heteroatoms. The Morgan fingerprint density at radius 1 is 1.53 bits per heavy atom. The van der Waals surface area contributed by atoms with Crippen LogP contribution >= 0.6 is 0 Å². The average molecular weight is 206 g/mol. The summed E-state index contributed by atoms with van der Waals surface area (Å²) in [4.78, 5) is 4.46. The molecule has 1 aromatic rings. The number of nitrogens with one attached hydrogen (secondary N) is 1. The van der Waals surface area contributed by atoms with E-state index in [1.165, 1.54) is 12.1 Å². The molecule has 1 heterocycles. The van der Waals surface area contributed by atoms with Crippen molar-refractivity contribution in [1.29, 1.82) is 0 Å². The molecule has 1 saturated carbocycles. The molecule has 82 valence electrons. The quantitative estimate of drug-likeness (QED) is 0.797. The average Bonchev–Trinajstić information content (AvgIpc) is 3.06. The minimum atomic E-state index is 0.638. The summed E-state index contributed by atoms with van der Waals surface area (Å²) >= 11 is 0. The molecular weight excluding hydrogens is 188 g/mol. The Bertz CT molecular complexity index is 327. The topological polar surface area (TPSA) is 34.1 Å². The number of aromatic nitrogens is 1. The van der Waals surface area contributed by atoms with Crippen molar-refractivity contribution >= 4 is 0 Å². The maximum absolute atomic E-state index is 5.12. The highest BCUT2D eigenvalue weighted by molar-refractivity contribution is 5.23. The van der Waals surface area contributed by atoms with Crippen LogP contribution in [-0.2, 0) is 0 Å². The summed E-state index contributed by atoms with van der Waals surface area (Å²) in [5, 5.41) is 3.38. The Kier molecular flexibility index (Phi) is 3.21. The maximum Gasteiger partial charge on any atom is 0.213 e. The molecule has 0 saturated heterocycles. The molecule has 0 bridgehead atoms. The van der Waals surface area contributed by atoms with E-state index < -0.39 is 0 Å². The lowest BCUT2D eigenvalue weighted by Gasteiger charge is -2.03. The zero-order valence-corrected chi connectivity index (χ0v) is 9.36. The van der Waals surface area contributed by atoms with E-state index in [0.29, 0.717) is 5.92 Å². The van der Waals surface area contributed by atoms with Gasteiger partial charge in [0.2, 0.25) is 5.88 Å². The molecule has 0 spiro atoms. The van der Waals surface area contributed by atoms with Crippen LogP contribution < -0.4 is 10.1 Å². The van der Waals surface area contributed by atoms with Gasteiger partial charge < -0.3 is 10.1 Å². The predicted molar refractivity (Wildman–Crippen MR) is 60.2 cm³/mol. The van der Waals surface area contributed by atoms with E-state index in [1.807, 2.05) is 12.1 Å². The van der Waals surface area contributed by atoms with E-state index in [2.05, 4.69) is 23.3 Å². The third-order valence-corrected chi connectivity index (χ3v) is 2.91. The highest BCUT2D eigenvalue weighted by atomic mass is 16.5. The Labute approximate surface area is 90.9 Å². The molecular formula is C12H18N2O. The third-order valence-electron chi connectivity index (χ3n) is 2.91. The van der Waals surface area contributed by atoms with Gasteiger partial charge in [-0.2, -0.15) is 0 Å². The van der Waals surface area contributed by atoms with E-state index >= 15 is 0 Å². The number of nitrogens with zero attached hydrogens (tertiary/aromatic N) is 1. The molecule has 0 radical (unpaired) electrons. The van der Waals surface area contributed by atoms with Gasteiger partial charge in [-0.25, -0.2) is 4.98 Å². The standard InChI is InChI=1S/C12H18N2O/c1-3-13-8-9-7-10(9)11-5-4-6-12(14-11)15-2/h4-6,9-10,13H,3,7-8H2,1-2H3. The van der Waals surface area contributed by atoms with Crippen molar-refractivity contribution in [2.75, 3.05) is 20.2 Å². The highest BCUT2D eigenvalue weighted by Crippen LogP contribution is 2.46. The molecule has 1 aromatic heterocycles. The molecule has 0 aromatic carbocycles. The van der Waals surface area contributed by atoms with Crippen molar-refractivity contribution in [3.8, 4) is 5.88 Å². The van der Waals surface area contributed by atoms with Crippen LogP contribution in [0.5, 0.6) is 5.88 Å².